The predicted octanol–water partition coefficient (Wildman–Crippen LogP) is 5.16. The number of rotatable bonds is 8. The first-order chi connectivity index (χ1) is 16.3. The van der Waals surface area contributed by atoms with Gasteiger partial charge in [0.25, 0.3) is 0 Å². The van der Waals surface area contributed by atoms with Gasteiger partial charge in [-0.3, -0.25) is 4.90 Å². The number of carbonyl (C=O) groups excluding carboxylic acids is 1. The Bertz CT molecular complexity index is 1140. The molecule has 1 amide bonds. The molecule has 0 fully saturated rings. The third kappa shape index (κ3) is 4.85. The number of likely N-dealkylation sites (N-methyl/N-ethyl adjacent to an activating group) is 1. The van der Waals surface area contributed by atoms with E-state index in [-0.39, 0.29) is 24.7 Å². The topological polar surface area (TPSA) is 76.1 Å². The smallest absolute Gasteiger partial charge is 0.410 e. The van der Waals surface area contributed by atoms with Crippen molar-refractivity contribution in [2.75, 3.05) is 13.7 Å². The number of alkyl halides is 2. The summed E-state index contributed by atoms with van der Waals surface area (Å²) < 4.78 is 34.5. The monoisotopic (exact) mass is 467 g/mol. The van der Waals surface area contributed by atoms with Gasteiger partial charge in [-0.05, 0) is 39.9 Å². The van der Waals surface area contributed by atoms with E-state index in [9.17, 15) is 23.5 Å². The van der Waals surface area contributed by atoms with Crippen LogP contribution in [0, 0.1) is 0 Å². The zero-order valence-corrected chi connectivity index (χ0v) is 18.4. The molecule has 1 unspecified atom stereocenters. The molecule has 1 aliphatic rings. The predicted molar refractivity (Wildman–Crippen MR) is 121 cm³/mol. The number of hydrogen-bond acceptors (Lipinski definition) is 4. The van der Waals surface area contributed by atoms with E-state index in [2.05, 4.69) is 4.74 Å². The molecule has 1 atom stereocenters. The highest BCUT2D eigenvalue weighted by Gasteiger charge is 2.32. The Morgan fingerprint density at radius 2 is 1.50 bits per heavy atom. The van der Waals surface area contributed by atoms with Gasteiger partial charge in [-0.25, -0.2) is 9.59 Å². The molecular weight excluding hydrogens is 444 g/mol. The van der Waals surface area contributed by atoms with Crippen LogP contribution in [-0.2, 0) is 16.0 Å². The number of fused-ring (bicyclic) bond motifs is 3. The first-order valence-electron chi connectivity index (χ1n) is 10.7. The number of halogens is 2. The molecule has 1 N–H and O–H groups in total. The average Bonchev–Trinajstić information content (AvgIpc) is 3.15. The standard InChI is InChI=1S/C26H23F2NO5/c1-29(23(24(30)31)14-16-10-12-17(13-11-16)34-25(27)28)26(32)33-15-22-20-8-4-2-6-18(20)19-7-3-5-9-21(19)22/h2-13,22-23,25H,14-15H2,1H3,(H,30,31). The molecule has 6 nitrogen and oxygen atoms in total. The summed E-state index contributed by atoms with van der Waals surface area (Å²) in [4.78, 5) is 25.7. The highest BCUT2D eigenvalue weighted by atomic mass is 19.3. The van der Waals surface area contributed by atoms with Crippen LogP contribution in [0.4, 0.5) is 13.6 Å². The van der Waals surface area contributed by atoms with Gasteiger partial charge >= 0.3 is 18.7 Å². The Morgan fingerprint density at radius 1 is 0.941 bits per heavy atom. The maximum atomic E-state index is 12.8. The number of carboxylic acids is 1. The molecular formula is C26H23F2NO5. The molecule has 3 aromatic rings. The Kier molecular flexibility index (Phi) is 6.77. The van der Waals surface area contributed by atoms with E-state index in [1.807, 2.05) is 48.5 Å². The van der Waals surface area contributed by atoms with E-state index in [0.29, 0.717) is 5.56 Å². The summed E-state index contributed by atoms with van der Waals surface area (Å²) in [5.74, 6) is -1.38. The van der Waals surface area contributed by atoms with Crippen LogP contribution in [0.2, 0.25) is 0 Å². The molecule has 8 heteroatoms. The van der Waals surface area contributed by atoms with E-state index in [1.165, 1.54) is 31.3 Å². The van der Waals surface area contributed by atoms with Gasteiger partial charge in [-0.2, -0.15) is 8.78 Å². The van der Waals surface area contributed by atoms with Crippen LogP contribution in [0.5, 0.6) is 5.75 Å². The molecule has 0 spiro atoms. The van der Waals surface area contributed by atoms with Gasteiger partial charge in [-0.15, -0.1) is 0 Å². The molecule has 1 aliphatic carbocycles. The lowest BCUT2D eigenvalue weighted by atomic mass is 9.98. The number of hydrogen-bond donors (Lipinski definition) is 1. The first-order valence-corrected chi connectivity index (χ1v) is 10.7. The van der Waals surface area contributed by atoms with E-state index in [0.717, 1.165) is 27.2 Å². The Labute approximate surface area is 195 Å². The molecule has 0 bridgehead atoms. The molecule has 3 aromatic carbocycles. The van der Waals surface area contributed by atoms with Crippen LogP contribution in [0.25, 0.3) is 11.1 Å². The van der Waals surface area contributed by atoms with Gasteiger partial charge in [0.1, 0.15) is 18.4 Å². The van der Waals surface area contributed by atoms with E-state index >= 15 is 0 Å². The highest BCUT2D eigenvalue weighted by molar-refractivity contribution is 5.81. The van der Waals surface area contributed by atoms with Gasteiger partial charge in [-0.1, -0.05) is 60.7 Å². The van der Waals surface area contributed by atoms with Crippen molar-refractivity contribution < 1.29 is 33.0 Å². The second-order valence-electron chi connectivity index (χ2n) is 8.00. The third-order valence-electron chi connectivity index (χ3n) is 5.95. The minimum Gasteiger partial charge on any atom is -0.480 e. The lowest BCUT2D eigenvalue weighted by molar-refractivity contribution is -0.142. The Morgan fingerprint density at radius 3 is 2.03 bits per heavy atom. The average molecular weight is 467 g/mol. The molecule has 0 heterocycles. The summed E-state index contributed by atoms with van der Waals surface area (Å²) in [6.07, 6.45) is -0.780. The normalized spacial score (nSPS) is 13.2. The largest absolute Gasteiger partial charge is 0.480 e. The van der Waals surface area contributed by atoms with E-state index in [1.54, 1.807) is 0 Å². The summed E-state index contributed by atoms with van der Waals surface area (Å²) in [7, 11) is 1.37. The summed E-state index contributed by atoms with van der Waals surface area (Å²) in [5.41, 5.74) is 4.85. The molecule has 0 saturated carbocycles. The van der Waals surface area contributed by atoms with E-state index in [4.69, 9.17) is 4.74 Å². The summed E-state index contributed by atoms with van der Waals surface area (Å²) in [6, 6.07) is 20.3. The van der Waals surface area contributed by atoms with Crippen LogP contribution < -0.4 is 4.74 Å². The van der Waals surface area contributed by atoms with Crippen LogP contribution in [0.15, 0.2) is 72.8 Å². The zero-order valence-electron chi connectivity index (χ0n) is 18.4. The van der Waals surface area contributed by atoms with Gasteiger partial charge in [0.05, 0.1) is 0 Å². The number of carbonyl (C=O) groups is 2. The maximum Gasteiger partial charge on any atom is 0.410 e. The van der Waals surface area contributed by atoms with Crippen molar-refractivity contribution in [1.82, 2.24) is 4.90 Å². The van der Waals surface area contributed by atoms with Crippen molar-refractivity contribution in [2.24, 2.45) is 0 Å². The van der Waals surface area contributed by atoms with Crippen molar-refractivity contribution in [3.8, 4) is 16.9 Å². The van der Waals surface area contributed by atoms with Crippen LogP contribution >= 0.6 is 0 Å². The van der Waals surface area contributed by atoms with Gasteiger partial charge < -0.3 is 14.6 Å². The van der Waals surface area contributed by atoms with Gasteiger partial charge in [0.15, 0.2) is 0 Å². The Hall–Kier alpha value is -3.94. The number of aliphatic carboxylic acids is 1. The Balaban J connectivity index is 1.43. The molecule has 4 rings (SSSR count). The van der Waals surface area contributed by atoms with Crippen molar-refractivity contribution in [3.05, 3.63) is 89.5 Å². The fourth-order valence-corrected chi connectivity index (χ4v) is 4.24. The zero-order chi connectivity index (χ0) is 24.2. The lowest BCUT2D eigenvalue weighted by Crippen LogP contribution is -2.44. The molecule has 34 heavy (non-hydrogen) atoms. The molecule has 0 saturated heterocycles. The van der Waals surface area contributed by atoms with Crippen LogP contribution in [-0.4, -0.2) is 48.4 Å². The molecule has 0 radical (unpaired) electrons. The van der Waals surface area contributed by atoms with Gasteiger partial charge in [0.2, 0.25) is 0 Å². The SMILES string of the molecule is CN(C(=O)OCC1c2ccccc2-c2ccccc21)C(Cc1ccc(OC(F)F)cc1)C(=O)O. The second kappa shape index (κ2) is 9.91. The summed E-state index contributed by atoms with van der Waals surface area (Å²) in [6.45, 7) is -2.87. The minimum atomic E-state index is -2.95. The summed E-state index contributed by atoms with van der Waals surface area (Å²) >= 11 is 0. The minimum absolute atomic E-state index is 0.0228. The van der Waals surface area contributed by atoms with Crippen molar-refractivity contribution >= 4 is 12.1 Å². The molecule has 0 aliphatic heterocycles. The number of carboxylic acid groups (broad SMARTS) is 1. The summed E-state index contributed by atoms with van der Waals surface area (Å²) in [5, 5.41) is 9.69. The molecule has 0 aromatic heterocycles. The fraction of sp³-hybridized carbons (Fsp3) is 0.231. The fourth-order valence-electron chi connectivity index (χ4n) is 4.24. The third-order valence-corrected chi connectivity index (χ3v) is 5.95. The van der Waals surface area contributed by atoms with Crippen LogP contribution in [0.1, 0.15) is 22.6 Å². The number of ether oxygens (including phenoxy) is 2. The maximum absolute atomic E-state index is 12.8. The van der Waals surface area contributed by atoms with Gasteiger partial charge in [0, 0.05) is 19.4 Å². The second-order valence-corrected chi connectivity index (χ2v) is 8.00. The number of amides is 1. The number of benzene rings is 3. The number of nitrogens with zero attached hydrogens (tertiary/aromatic N) is 1. The van der Waals surface area contributed by atoms with Crippen molar-refractivity contribution in [3.63, 3.8) is 0 Å². The van der Waals surface area contributed by atoms with Crippen molar-refractivity contribution in [2.45, 2.75) is 25.0 Å². The lowest BCUT2D eigenvalue weighted by Gasteiger charge is -2.25. The van der Waals surface area contributed by atoms with Crippen LogP contribution in [0.3, 0.4) is 0 Å². The quantitative estimate of drug-likeness (QED) is 0.495. The van der Waals surface area contributed by atoms with E-state index < -0.39 is 24.7 Å². The van der Waals surface area contributed by atoms with Crippen molar-refractivity contribution in [1.29, 1.82) is 0 Å². The first kappa shape index (κ1) is 23.2. The molecule has 176 valence electrons. The highest BCUT2D eigenvalue weighted by Crippen LogP contribution is 2.44.